The van der Waals surface area contributed by atoms with Gasteiger partial charge in [0, 0.05) is 12.5 Å². The zero-order valence-corrected chi connectivity index (χ0v) is 13.7. The molecule has 20 heavy (non-hydrogen) atoms. The van der Waals surface area contributed by atoms with Crippen LogP contribution in [0.4, 0.5) is 0 Å². The standard InChI is InChI=1S/C15H24BrNO3/c1-20-15(19)13(16)9-17-14(18)12-7-6-10-4-2-3-5-11(10)8-12/h10-13H,2-9H2,1H3,(H,17,18). The maximum atomic E-state index is 12.2. The van der Waals surface area contributed by atoms with Crippen LogP contribution in [0.1, 0.15) is 44.9 Å². The number of amides is 1. The minimum absolute atomic E-state index is 0.0994. The summed E-state index contributed by atoms with van der Waals surface area (Å²) in [6.45, 7) is 0.302. The highest BCUT2D eigenvalue weighted by molar-refractivity contribution is 9.10. The fourth-order valence-electron chi connectivity index (χ4n) is 3.66. The van der Waals surface area contributed by atoms with Crippen molar-refractivity contribution in [1.82, 2.24) is 5.32 Å². The Balaban J connectivity index is 1.77. The van der Waals surface area contributed by atoms with E-state index in [0.717, 1.165) is 24.7 Å². The van der Waals surface area contributed by atoms with Crippen molar-refractivity contribution in [2.45, 2.75) is 49.8 Å². The van der Waals surface area contributed by atoms with Gasteiger partial charge in [0.05, 0.1) is 7.11 Å². The molecule has 2 saturated carbocycles. The number of rotatable bonds is 4. The minimum atomic E-state index is -0.456. The molecule has 4 unspecified atom stereocenters. The maximum absolute atomic E-state index is 12.2. The molecule has 0 spiro atoms. The number of methoxy groups -OCH3 is 1. The molecule has 114 valence electrons. The van der Waals surface area contributed by atoms with Crippen molar-refractivity contribution < 1.29 is 14.3 Å². The number of hydrogen-bond donors (Lipinski definition) is 1. The Labute approximate surface area is 129 Å². The van der Waals surface area contributed by atoms with Crippen molar-refractivity contribution in [3.63, 3.8) is 0 Å². The Bertz CT molecular complexity index is 361. The number of halogens is 1. The van der Waals surface area contributed by atoms with E-state index in [1.807, 2.05) is 0 Å². The molecule has 0 aliphatic heterocycles. The van der Waals surface area contributed by atoms with Crippen LogP contribution in [0.3, 0.4) is 0 Å². The topological polar surface area (TPSA) is 55.4 Å². The van der Waals surface area contributed by atoms with Gasteiger partial charge < -0.3 is 10.1 Å². The van der Waals surface area contributed by atoms with Gasteiger partial charge in [0.15, 0.2) is 0 Å². The number of esters is 1. The fraction of sp³-hybridized carbons (Fsp3) is 0.867. The molecule has 0 bridgehead atoms. The number of carbonyl (C=O) groups excluding carboxylic acids is 2. The van der Waals surface area contributed by atoms with Gasteiger partial charge in [0.1, 0.15) is 4.83 Å². The molecule has 4 nitrogen and oxygen atoms in total. The van der Waals surface area contributed by atoms with E-state index >= 15 is 0 Å². The van der Waals surface area contributed by atoms with Gasteiger partial charge in [-0.2, -0.15) is 0 Å². The molecule has 0 heterocycles. The van der Waals surface area contributed by atoms with Gasteiger partial charge in [0.25, 0.3) is 0 Å². The first kappa shape index (κ1) is 15.8. The third-order valence-electron chi connectivity index (χ3n) is 4.82. The monoisotopic (exact) mass is 345 g/mol. The highest BCUT2D eigenvalue weighted by atomic mass is 79.9. The second kappa shape index (κ2) is 7.43. The fourth-order valence-corrected chi connectivity index (χ4v) is 4.01. The Kier molecular flexibility index (Phi) is 5.87. The molecule has 0 radical (unpaired) electrons. The van der Waals surface area contributed by atoms with E-state index in [2.05, 4.69) is 26.0 Å². The number of carbonyl (C=O) groups is 2. The van der Waals surface area contributed by atoms with Crippen LogP contribution in [-0.2, 0) is 14.3 Å². The lowest BCUT2D eigenvalue weighted by Crippen LogP contribution is -2.40. The normalized spacial score (nSPS) is 31.0. The van der Waals surface area contributed by atoms with E-state index in [-0.39, 0.29) is 17.8 Å². The third kappa shape index (κ3) is 3.96. The second-order valence-corrected chi connectivity index (χ2v) is 7.16. The molecule has 2 aliphatic carbocycles. The van der Waals surface area contributed by atoms with Crippen molar-refractivity contribution in [2.24, 2.45) is 17.8 Å². The molecule has 1 amide bonds. The molecular weight excluding hydrogens is 322 g/mol. The Morgan fingerprint density at radius 1 is 1.20 bits per heavy atom. The van der Waals surface area contributed by atoms with Crippen LogP contribution >= 0.6 is 15.9 Å². The molecule has 2 fully saturated rings. The molecule has 2 aliphatic rings. The van der Waals surface area contributed by atoms with E-state index in [1.54, 1.807) is 0 Å². The van der Waals surface area contributed by atoms with E-state index < -0.39 is 4.83 Å². The summed E-state index contributed by atoms with van der Waals surface area (Å²) in [7, 11) is 1.35. The predicted molar refractivity (Wildman–Crippen MR) is 80.5 cm³/mol. The Hall–Kier alpha value is -0.580. The minimum Gasteiger partial charge on any atom is -0.468 e. The van der Waals surface area contributed by atoms with Gasteiger partial charge in [-0.05, 0) is 31.1 Å². The molecule has 4 atom stereocenters. The number of nitrogens with one attached hydrogen (secondary N) is 1. The number of ether oxygens (including phenoxy) is 1. The predicted octanol–water partition coefficient (Wildman–Crippen LogP) is 2.65. The van der Waals surface area contributed by atoms with E-state index in [9.17, 15) is 9.59 Å². The molecule has 0 aromatic rings. The van der Waals surface area contributed by atoms with E-state index in [0.29, 0.717) is 6.54 Å². The highest BCUT2D eigenvalue weighted by Gasteiger charge is 2.35. The first-order valence-electron chi connectivity index (χ1n) is 7.61. The quantitative estimate of drug-likeness (QED) is 0.629. The van der Waals surface area contributed by atoms with Gasteiger partial charge in [-0.25, -0.2) is 0 Å². The maximum Gasteiger partial charge on any atom is 0.321 e. The van der Waals surface area contributed by atoms with Gasteiger partial charge >= 0.3 is 5.97 Å². The zero-order chi connectivity index (χ0) is 14.5. The highest BCUT2D eigenvalue weighted by Crippen LogP contribution is 2.42. The van der Waals surface area contributed by atoms with Crippen molar-refractivity contribution >= 4 is 27.8 Å². The Morgan fingerprint density at radius 2 is 1.90 bits per heavy atom. The Morgan fingerprint density at radius 3 is 2.60 bits per heavy atom. The van der Waals surface area contributed by atoms with Crippen LogP contribution in [0.25, 0.3) is 0 Å². The summed E-state index contributed by atoms with van der Waals surface area (Å²) in [5.74, 6) is 1.48. The van der Waals surface area contributed by atoms with Crippen molar-refractivity contribution in [1.29, 1.82) is 0 Å². The van der Waals surface area contributed by atoms with Gasteiger partial charge in [0.2, 0.25) is 5.91 Å². The van der Waals surface area contributed by atoms with Gasteiger partial charge in [-0.1, -0.05) is 41.6 Å². The lowest BCUT2D eigenvalue weighted by Gasteiger charge is -2.38. The van der Waals surface area contributed by atoms with Crippen LogP contribution in [0.15, 0.2) is 0 Å². The molecule has 0 aromatic heterocycles. The summed E-state index contributed by atoms with van der Waals surface area (Å²) < 4.78 is 4.62. The SMILES string of the molecule is COC(=O)C(Br)CNC(=O)C1CCC2CCCCC2C1. The lowest BCUT2D eigenvalue weighted by molar-refractivity contribution is -0.139. The lowest BCUT2D eigenvalue weighted by atomic mass is 9.67. The average Bonchev–Trinajstić information content (AvgIpc) is 2.50. The van der Waals surface area contributed by atoms with Crippen LogP contribution in [0.5, 0.6) is 0 Å². The van der Waals surface area contributed by atoms with Gasteiger partial charge in [-0.3, -0.25) is 9.59 Å². The summed E-state index contributed by atoms with van der Waals surface area (Å²) in [6, 6.07) is 0. The molecule has 1 N–H and O–H groups in total. The van der Waals surface area contributed by atoms with E-state index in [1.165, 1.54) is 39.2 Å². The van der Waals surface area contributed by atoms with Crippen LogP contribution in [0, 0.1) is 17.8 Å². The van der Waals surface area contributed by atoms with Crippen molar-refractivity contribution in [3.8, 4) is 0 Å². The summed E-state index contributed by atoms with van der Waals surface area (Å²) in [5, 5.41) is 2.88. The summed E-state index contributed by atoms with van der Waals surface area (Å²) >= 11 is 3.22. The summed E-state index contributed by atoms with van der Waals surface area (Å²) in [4.78, 5) is 23.0. The largest absolute Gasteiger partial charge is 0.468 e. The summed E-state index contributed by atoms with van der Waals surface area (Å²) in [6.07, 6.45) is 8.55. The molecule has 2 rings (SSSR count). The first-order chi connectivity index (χ1) is 9.61. The first-order valence-corrected chi connectivity index (χ1v) is 8.53. The molecule has 5 heteroatoms. The van der Waals surface area contributed by atoms with Crippen molar-refractivity contribution in [3.05, 3.63) is 0 Å². The second-order valence-electron chi connectivity index (χ2n) is 6.05. The summed E-state index contributed by atoms with van der Waals surface area (Å²) in [5.41, 5.74) is 0. The smallest absolute Gasteiger partial charge is 0.321 e. The average molecular weight is 346 g/mol. The number of hydrogen-bond acceptors (Lipinski definition) is 3. The van der Waals surface area contributed by atoms with Crippen LogP contribution in [-0.4, -0.2) is 30.4 Å². The molecular formula is C15H24BrNO3. The van der Waals surface area contributed by atoms with Gasteiger partial charge in [-0.15, -0.1) is 0 Å². The molecule has 0 saturated heterocycles. The van der Waals surface area contributed by atoms with Crippen molar-refractivity contribution in [2.75, 3.05) is 13.7 Å². The number of fused-ring (bicyclic) bond motifs is 1. The van der Waals surface area contributed by atoms with Crippen LogP contribution < -0.4 is 5.32 Å². The van der Waals surface area contributed by atoms with Crippen LogP contribution in [0.2, 0.25) is 0 Å². The zero-order valence-electron chi connectivity index (χ0n) is 12.1. The third-order valence-corrected chi connectivity index (χ3v) is 5.52. The number of alkyl halides is 1. The molecule has 0 aromatic carbocycles. The van der Waals surface area contributed by atoms with E-state index in [4.69, 9.17) is 0 Å².